The number of amides is 1. The normalized spacial score (nSPS) is 19.9. The van der Waals surface area contributed by atoms with Crippen LogP contribution in [-0.2, 0) is 14.6 Å². The minimum atomic E-state index is -3.40. The number of carbonyl (C=O) groups excluding carboxylic acids is 1. The maximum Gasteiger partial charge on any atom is 0.272 e. The average Bonchev–Trinajstić information content (AvgIpc) is 2.73. The smallest absolute Gasteiger partial charge is 0.272 e. The molecular weight excluding hydrogens is 447 g/mol. The van der Waals surface area contributed by atoms with Gasteiger partial charge in [0.15, 0.2) is 9.84 Å². The Kier molecular flexibility index (Phi) is 6.22. The number of aryl methyl sites for hydroxylation is 1. The standard InChI is InChI=1S/C24H29FN2O5S/c1-15(2)31-21-14-24(32-20-7-5-17(25)13-18(20)21)9-11-27(12-10-24)23(28)19-6-8-22(16(3)26-19)33(4,29)30/h5-8,13,15,21H,9-12,14H2,1-4H3/t21-/m1/s1. The first-order valence-corrected chi connectivity index (χ1v) is 13.0. The van der Waals surface area contributed by atoms with Crippen molar-refractivity contribution in [2.24, 2.45) is 0 Å². The Morgan fingerprint density at radius 2 is 1.94 bits per heavy atom. The van der Waals surface area contributed by atoms with E-state index in [9.17, 15) is 17.6 Å². The summed E-state index contributed by atoms with van der Waals surface area (Å²) in [5.41, 5.74) is 0.760. The molecule has 1 aromatic heterocycles. The van der Waals surface area contributed by atoms with E-state index in [4.69, 9.17) is 9.47 Å². The minimum Gasteiger partial charge on any atom is -0.487 e. The highest BCUT2D eigenvalue weighted by Gasteiger charge is 2.45. The topological polar surface area (TPSA) is 85.8 Å². The van der Waals surface area contributed by atoms with E-state index in [2.05, 4.69) is 4.98 Å². The molecule has 9 heteroatoms. The van der Waals surface area contributed by atoms with E-state index in [0.29, 0.717) is 43.8 Å². The summed E-state index contributed by atoms with van der Waals surface area (Å²) in [5.74, 6) is 0.0683. The quantitative estimate of drug-likeness (QED) is 0.666. The number of halogens is 1. The molecule has 7 nitrogen and oxygen atoms in total. The van der Waals surface area contributed by atoms with Gasteiger partial charge in [-0.1, -0.05) is 0 Å². The van der Waals surface area contributed by atoms with Crippen molar-refractivity contribution >= 4 is 15.7 Å². The third-order valence-electron chi connectivity index (χ3n) is 6.26. The minimum absolute atomic E-state index is 0.0212. The van der Waals surface area contributed by atoms with Gasteiger partial charge in [0.25, 0.3) is 5.91 Å². The van der Waals surface area contributed by atoms with Crippen LogP contribution in [0.5, 0.6) is 5.75 Å². The summed E-state index contributed by atoms with van der Waals surface area (Å²) in [5, 5.41) is 0. The van der Waals surface area contributed by atoms with Crippen LogP contribution in [0.15, 0.2) is 35.2 Å². The molecule has 0 bridgehead atoms. The van der Waals surface area contributed by atoms with Gasteiger partial charge in [-0.25, -0.2) is 17.8 Å². The highest BCUT2D eigenvalue weighted by molar-refractivity contribution is 7.90. The third-order valence-corrected chi connectivity index (χ3v) is 7.49. The molecule has 1 fully saturated rings. The molecule has 2 aromatic rings. The van der Waals surface area contributed by atoms with E-state index in [1.807, 2.05) is 13.8 Å². The Bertz CT molecular complexity index is 1170. The van der Waals surface area contributed by atoms with Crippen molar-refractivity contribution in [3.8, 4) is 5.75 Å². The van der Waals surface area contributed by atoms with Crippen molar-refractivity contribution in [2.75, 3.05) is 19.3 Å². The molecule has 2 aliphatic heterocycles. The average molecular weight is 477 g/mol. The van der Waals surface area contributed by atoms with Crippen LogP contribution in [-0.4, -0.2) is 55.3 Å². The molecule has 2 aliphatic rings. The van der Waals surface area contributed by atoms with Gasteiger partial charge in [0.05, 0.1) is 22.8 Å². The van der Waals surface area contributed by atoms with Gasteiger partial charge in [0, 0.05) is 44.2 Å². The summed E-state index contributed by atoms with van der Waals surface area (Å²) < 4.78 is 50.0. The molecule has 1 spiro atoms. The zero-order valence-corrected chi connectivity index (χ0v) is 20.1. The predicted octanol–water partition coefficient (Wildman–Crippen LogP) is 3.86. The van der Waals surface area contributed by atoms with Gasteiger partial charge in [-0.15, -0.1) is 0 Å². The van der Waals surface area contributed by atoms with Crippen LogP contribution >= 0.6 is 0 Å². The fraction of sp³-hybridized carbons (Fsp3) is 0.500. The monoisotopic (exact) mass is 476 g/mol. The van der Waals surface area contributed by atoms with Crippen molar-refractivity contribution in [3.05, 3.63) is 53.1 Å². The number of pyridine rings is 1. The first kappa shape index (κ1) is 23.6. The molecule has 3 heterocycles. The first-order chi connectivity index (χ1) is 15.5. The number of sulfone groups is 1. The summed E-state index contributed by atoms with van der Waals surface area (Å²) in [6.07, 6.45) is 2.62. The molecule has 1 atom stereocenters. The largest absolute Gasteiger partial charge is 0.487 e. The van der Waals surface area contributed by atoms with Crippen LogP contribution in [0.1, 0.15) is 61.0 Å². The molecule has 0 unspecified atom stereocenters. The number of fused-ring (bicyclic) bond motifs is 1. The lowest BCUT2D eigenvalue weighted by atomic mass is 9.81. The molecule has 33 heavy (non-hydrogen) atoms. The second-order valence-electron chi connectivity index (χ2n) is 9.19. The zero-order chi connectivity index (χ0) is 24.0. The van der Waals surface area contributed by atoms with Crippen LogP contribution in [0.3, 0.4) is 0 Å². The maximum absolute atomic E-state index is 13.9. The molecule has 178 valence electrons. The fourth-order valence-corrected chi connectivity index (χ4v) is 5.58. The first-order valence-electron chi connectivity index (χ1n) is 11.1. The van der Waals surface area contributed by atoms with Gasteiger partial charge in [-0.3, -0.25) is 4.79 Å². The van der Waals surface area contributed by atoms with Gasteiger partial charge < -0.3 is 14.4 Å². The number of rotatable bonds is 4. The number of ether oxygens (including phenoxy) is 2. The van der Waals surface area contributed by atoms with Crippen molar-refractivity contribution < 1.29 is 27.1 Å². The van der Waals surface area contributed by atoms with Crippen LogP contribution in [0.25, 0.3) is 0 Å². The number of hydrogen-bond donors (Lipinski definition) is 0. The fourth-order valence-electron chi connectivity index (χ4n) is 4.68. The van der Waals surface area contributed by atoms with Crippen LogP contribution in [0.2, 0.25) is 0 Å². The second-order valence-corrected chi connectivity index (χ2v) is 11.2. The third kappa shape index (κ3) is 4.89. The van der Waals surface area contributed by atoms with E-state index in [1.54, 1.807) is 17.9 Å². The van der Waals surface area contributed by atoms with Gasteiger partial charge >= 0.3 is 0 Å². The van der Waals surface area contributed by atoms with E-state index in [-0.39, 0.29) is 34.5 Å². The summed E-state index contributed by atoms with van der Waals surface area (Å²) in [6, 6.07) is 7.41. The van der Waals surface area contributed by atoms with Gasteiger partial charge in [-0.05, 0) is 51.1 Å². The Balaban J connectivity index is 1.50. The molecule has 4 rings (SSSR count). The summed E-state index contributed by atoms with van der Waals surface area (Å²) in [6.45, 7) is 6.43. The Hall–Kier alpha value is -2.52. The number of nitrogens with zero attached hydrogens (tertiary/aromatic N) is 2. The Labute approximate surface area is 193 Å². The second kappa shape index (κ2) is 8.68. The summed E-state index contributed by atoms with van der Waals surface area (Å²) >= 11 is 0. The van der Waals surface area contributed by atoms with Gasteiger partial charge in [-0.2, -0.15) is 0 Å². The molecule has 1 saturated heterocycles. The zero-order valence-electron chi connectivity index (χ0n) is 19.3. The highest BCUT2D eigenvalue weighted by atomic mass is 32.2. The van der Waals surface area contributed by atoms with Gasteiger partial charge in [0.1, 0.15) is 22.9 Å². The van der Waals surface area contributed by atoms with E-state index >= 15 is 0 Å². The maximum atomic E-state index is 13.9. The van der Waals surface area contributed by atoms with Gasteiger partial charge in [0.2, 0.25) is 0 Å². The van der Waals surface area contributed by atoms with E-state index in [1.165, 1.54) is 24.3 Å². The highest BCUT2D eigenvalue weighted by Crippen LogP contribution is 2.46. The number of likely N-dealkylation sites (tertiary alicyclic amines) is 1. The SMILES string of the molecule is Cc1nc(C(=O)N2CCC3(CC2)C[C@@H](OC(C)C)c2cc(F)ccc2O3)ccc1S(C)(=O)=O. The van der Waals surface area contributed by atoms with Crippen molar-refractivity contribution in [1.82, 2.24) is 9.88 Å². The Morgan fingerprint density at radius 3 is 2.55 bits per heavy atom. The lowest BCUT2D eigenvalue weighted by Gasteiger charge is -2.47. The number of aromatic nitrogens is 1. The number of hydrogen-bond acceptors (Lipinski definition) is 6. The molecule has 1 amide bonds. The predicted molar refractivity (Wildman–Crippen MR) is 121 cm³/mol. The lowest BCUT2D eigenvalue weighted by Crippen LogP contribution is -2.52. The van der Waals surface area contributed by atoms with Crippen LogP contribution < -0.4 is 4.74 Å². The van der Waals surface area contributed by atoms with Crippen molar-refractivity contribution in [2.45, 2.75) is 62.7 Å². The molecule has 1 aromatic carbocycles. The van der Waals surface area contributed by atoms with Crippen LogP contribution in [0, 0.1) is 12.7 Å². The molecule has 0 saturated carbocycles. The molecule has 0 aliphatic carbocycles. The van der Waals surface area contributed by atoms with Crippen molar-refractivity contribution in [3.63, 3.8) is 0 Å². The number of benzene rings is 1. The van der Waals surface area contributed by atoms with E-state index < -0.39 is 15.4 Å². The summed E-state index contributed by atoms with van der Waals surface area (Å²) in [4.78, 5) is 19.1. The molecule has 0 N–H and O–H groups in total. The molecular formula is C24H29FN2O5S. The lowest BCUT2D eigenvalue weighted by molar-refractivity contribution is -0.0874. The Morgan fingerprint density at radius 1 is 1.24 bits per heavy atom. The number of carbonyl (C=O) groups is 1. The molecule has 0 radical (unpaired) electrons. The van der Waals surface area contributed by atoms with E-state index in [0.717, 1.165) is 11.8 Å². The number of piperidine rings is 1. The summed E-state index contributed by atoms with van der Waals surface area (Å²) in [7, 11) is -3.40. The van der Waals surface area contributed by atoms with Crippen LogP contribution in [0.4, 0.5) is 4.39 Å². The van der Waals surface area contributed by atoms with Crippen molar-refractivity contribution in [1.29, 1.82) is 0 Å².